The van der Waals surface area contributed by atoms with E-state index in [9.17, 15) is 0 Å². The number of fused-ring (bicyclic) bond motifs is 20. The highest BCUT2D eigenvalue weighted by Crippen LogP contribution is 2.50. The maximum absolute atomic E-state index is 6.75. The van der Waals surface area contributed by atoms with Gasteiger partial charge in [-0.15, -0.1) is 22.7 Å². The Bertz CT molecular complexity index is 8290. The Kier molecular flexibility index (Phi) is 16.1. The lowest BCUT2D eigenvalue weighted by Crippen LogP contribution is -2.00. The fraction of sp³-hybridized carbons (Fsp3) is 0. The highest BCUT2D eigenvalue weighted by atomic mass is 32.1. The summed E-state index contributed by atoms with van der Waals surface area (Å²) in [5, 5.41) is 13.8. The first kappa shape index (κ1) is 68.8. The van der Waals surface area contributed by atoms with Gasteiger partial charge in [-0.05, 0) is 137 Å². The molecule has 12 heteroatoms. The highest BCUT2D eigenvalue weighted by Gasteiger charge is 2.26. The van der Waals surface area contributed by atoms with Crippen LogP contribution in [0.4, 0.5) is 0 Å². The molecule has 0 saturated heterocycles. The molecule has 0 amide bonds. The summed E-state index contributed by atoms with van der Waals surface area (Å²) in [6.07, 6.45) is 0. The molecular weight excluding hydrogens is 1510 g/mol. The van der Waals surface area contributed by atoms with Crippen LogP contribution in [0.5, 0.6) is 0 Å². The largest absolute Gasteiger partial charge is 0.455 e. The van der Waals surface area contributed by atoms with Crippen molar-refractivity contribution in [3.63, 3.8) is 0 Å². The van der Waals surface area contributed by atoms with Crippen molar-refractivity contribution < 1.29 is 8.83 Å². The molecule has 0 aliphatic carbocycles. The SMILES string of the molecule is c1ccc(-c2ccc3c4c5oc6ccccc6c5ccc4n(-c4cc(-c5cccc(-c6nc(-c7ccccc7)nc(-c7ccccc7)n6)c5)c5sc6ccccc6c5c4)c3c2)cc1.c1ccc(-c2nc(-c3ccccc3)nc(-c3cc(-c4ccc5c(c4)c4c6oc7ccccc7c6ccc4n5-c4ccccc4)cc4c3sc3ccccc34)n2)cc1. The number of nitrogens with zero attached hydrogens (tertiary/aromatic N) is 8. The Hall–Kier alpha value is -15.6. The van der Waals surface area contributed by atoms with Crippen molar-refractivity contribution in [2.24, 2.45) is 0 Å². The summed E-state index contributed by atoms with van der Waals surface area (Å²) < 4.78 is 23.1. The van der Waals surface area contributed by atoms with Crippen LogP contribution in [0, 0.1) is 0 Å². The zero-order chi connectivity index (χ0) is 78.9. The minimum Gasteiger partial charge on any atom is -0.455 e. The van der Waals surface area contributed by atoms with E-state index in [4.69, 9.17) is 38.7 Å². The maximum atomic E-state index is 6.75. The molecular formula is C108H64N8O2S2. The van der Waals surface area contributed by atoms with Gasteiger partial charge in [0.2, 0.25) is 0 Å². The molecule has 0 saturated carbocycles. The number of hydrogen-bond donors (Lipinski definition) is 0. The lowest BCUT2D eigenvalue weighted by atomic mass is 9.97. The topological polar surface area (TPSA) is 113 Å². The fourth-order valence-corrected chi connectivity index (χ4v) is 20.1. The molecule has 25 rings (SSSR count). The lowest BCUT2D eigenvalue weighted by Gasteiger charge is -2.14. The number of thiophene rings is 2. The Morgan fingerprint density at radius 2 is 0.592 bits per heavy atom. The minimum atomic E-state index is 0.624. The third-order valence-electron chi connectivity index (χ3n) is 23.3. The van der Waals surface area contributed by atoms with Gasteiger partial charge < -0.3 is 18.0 Å². The van der Waals surface area contributed by atoms with Gasteiger partial charge in [0.15, 0.2) is 34.9 Å². The van der Waals surface area contributed by atoms with E-state index in [-0.39, 0.29) is 0 Å². The lowest BCUT2D eigenvalue weighted by molar-refractivity contribution is 0.672. The number of benzene rings is 17. The maximum Gasteiger partial charge on any atom is 0.165 e. The van der Waals surface area contributed by atoms with Crippen LogP contribution in [-0.2, 0) is 0 Å². The van der Waals surface area contributed by atoms with Gasteiger partial charge in [0.05, 0.1) is 32.8 Å². The van der Waals surface area contributed by atoms with Gasteiger partial charge in [0.1, 0.15) is 22.3 Å². The van der Waals surface area contributed by atoms with E-state index in [0.717, 1.165) is 165 Å². The van der Waals surface area contributed by atoms with Gasteiger partial charge in [-0.25, -0.2) is 29.9 Å². The minimum absolute atomic E-state index is 0.624. The molecule has 0 spiro atoms. The summed E-state index contributed by atoms with van der Waals surface area (Å²) in [5.74, 6) is 3.83. The Morgan fingerprint density at radius 1 is 0.200 bits per heavy atom. The molecule has 0 N–H and O–H groups in total. The van der Waals surface area contributed by atoms with Gasteiger partial charge in [-0.3, -0.25) is 0 Å². The molecule has 0 fully saturated rings. The Balaban J connectivity index is 0.000000137. The van der Waals surface area contributed by atoms with E-state index in [2.05, 4.69) is 288 Å². The van der Waals surface area contributed by atoms with Crippen LogP contribution >= 0.6 is 22.7 Å². The Morgan fingerprint density at radius 3 is 1.14 bits per heavy atom. The van der Waals surface area contributed by atoms with Crippen molar-refractivity contribution in [3.8, 4) is 113 Å². The molecule has 0 aliphatic rings. The number of hydrogen-bond acceptors (Lipinski definition) is 10. The van der Waals surface area contributed by atoms with Crippen molar-refractivity contribution in [3.05, 3.63) is 388 Å². The summed E-state index contributed by atoms with van der Waals surface area (Å²) >= 11 is 3.62. The quantitative estimate of drug-likeness (QED) is 0.126. The average Bonchev–Trinajstić information content (AvgIpc) is 1.55. The first-order valence-electron chi connectivity index (χ1n) is 40.1. The molecule has 10 nitrogen and oxygen atoms in total. The molecule has 560 valence electrons. The van der Waals surface area contributed by atoms with E-state index < -0.39 is 0 Å². The van der Waals surface area contributed by atoms with Crippen LogP contribution in [0.15, 0.2) is 397 Å². The van der Waals surface area contributed by atoms with Crippen molar-refractivity contribution in [2.75, 3.05) is 0 Å². The molecule has 25 aromatic rings. The van der Waals surface area contributed by atoms with E-state index in [1.165, 1.54) is 41.2 Å². The van der Waals surface area contributed by atoms with Gasteiger partial charge in [-0.1, -0.05) is 279 Å². The summed E-state index contributed by atoms with van der Waals surface area (Å²) in [7, 11) is 0. The zero-order valence-electron chi connectivity index (χ0n) is 64.2. The van der Waals surface area contributed by atoms with Crippen LogP contribution in [0.2, 0.25) is 0 Å². The third-order valence-corrected chi connectivity index (χ3v) is 25.7. The van der Waals surface area contributed by atoms with Crippen molar-refractivity contribution in [1.29, 1.82) is 0 Å². The summed E-state index contributed by atoms with van der Waals surface area (Å²) in [6.45, 7) is 0. The number of rotatable bonds is 11. The first-order chi connectivity index (χ1) is 59.5. The fourth-order valence-electron chi connectivity index (χ4n) is 17.7. The Labute approximate surface area is 694 Å². The molecule has 120 heavy (non-hydrogen) atoms. The van der Waals surface area contributed by atoms with Crippen LogP contribution in [0.25, 0.3) is 241 Å². The predicted octanol–water partition coefficient (Wildman–Crippen LogP) is 29.5. The molecule has 0 radical (unpaired) electrons. The van der Waals surface area contributed by atoms with E-state index in [0.29, 0.717) is 34.9 Å². The zero-order valence-corrected chi connectivity index (χ0v) is 65.8. The monoisotopic (exact) mass is 1570 g/mol. The smallest absolute Gasteiger partial charge is 0.165 e. The van der Waals surface area contributed by atoms with E-state index in [1.54, 1.807) is 11.3 Å². The second-order valence-corrected chi connectivity index (χ2v) is 32.4. The van der Waals surface area contributed by atoms with Crippen LogP contribution in [0.3, 0.4) is 0 Å². The number of aromatic nitrogens is 8. The summed E-state index contributed by atoms with van der Waals surface area (Å²) in [5.41, 5.74) is 22.6. The number of furan rings is 2. The van der Waals surface area contributed by atoms with Gasteiger partial charge in [-0.2, -0.15) is 0 Å². The molecule has 0 atom stereocenters. The molecule has 8 heterocycles. The summed E-state index contributed by atoms with van der Waals surface area (Å²) in [6, 6.07) is 137. The summed E-state index contributed by atoms with van der Waals surface area (Å²) in [4.78, 5) is 30.6. The van der Waals surface area contributed by atoms with Crippen LogP contribution in [-0.4, -0.2) is 39.0 Å². The highest BCUT2D eigenvalue weighted by molar-refractivity contribution is 7.26. The third kappa shape index (κ3) is 11.5. The standard InChI is InChI=1S/C57H34N4OS.C51H30N4OS/c1-4-15-35(16-5-1)38-27-28-45-49(32-38)61(48-30-29-44-42-23-10-12-25-50(42)62-53(44)52(45)48)41-33-46(54-47(34-41)43-24-11-13-26-51(43)63-54)39-21-14-22-40(31-39)57-59-55(36-17-6-2-7-18-36)58-56(60-57)37-19-8-3-9-20-37;1-4-14-31(15-5-1)49-52-50(32-16-6-2-7-17-32)54-51(53-49)41-30-34(29-39-37-21-11-13-23-45(37)57-48(39)41)33-24-26-42-40(28-33)46-43(55(42)35-18-8-3-9-19-35)27-25-38-36-20-10-12-22-44(36)56-47(38)46/h1-34H;1-30H. The van der Waals surface area contributed by atoms with Gasteiger partial charge in [0, 0.05) is 123 Å². The number of para-hydroxylation sites is 3. The van der Waals surface area contributed by atoms with E-state index >= 15 is 0 Å². The normalized spacial score (nSPS) is 11.8. The molecule has 0 bridgehead atoms. The van der Waals surface area contributed by atoms with E-state index in [1.807, 2.05) is 121 Å². The van der Waals surface area contributed by atoms with Crippen molar-refractivity contribution in [2.45, 2.75) is 0 Å². The molecule has 17 aromatic carbocycles. The van der Waals surface area contributed by atoms with Crippen molar-refractivity contribution in [1.82, 2.24) is 39.0 Å². The van der Waals surface area contributed by atoms with Crippen LogP contribution in [0.1, 0.15) is 0 Å². The first-order valence-corrected chi connectivity index (χ1v) is 41.7. The molecule has 0 unspecified atom stereocenters. The van der Waals surface area contributed by atoms with Crippen molar-refractivity contribution >= 4 is 151 Å². The van der Waals surface area contributed by atoms with Gasteiger partial charge in [0.25, 0.3) is 0 Å². The molecule has 0 aliphatic heterocycles. The van der Waals surface area contributed by atoms with Gasteiger partial charge >= 0.3 is 0 Å². The predicted molar refractivity (Wildman–Crippen MR) is 498 cm³/mol. The second kappa shape index (κ2) is 28.1. The van der Waals surface area contributed by atoms with Crippen LogP contribution < -0.4 is 0 Å². The second-order valence-electron chi connectivity index (χ2n) is 30.3. The molecule has 8 aromatic heterocycles. The average molecular weight is 1570 g/mol.